The molecule has 0 radical (unpaired) electrons. The van der Waals surface area contributed by atoms with Gasteiger partial charge in [-0.2, -0.15) is 0 Å². The Labute approximate surface area is 162 Å². The standard InChI is InChI=1S/C21H20ClNO4/c22-17-7-4-15(5-8-17)19(24)10-11-21(26)27-13-20(25)23-18-9-6-14-2-1-3-16(14)12-18/h4-9,12H,1-3,10-11,13H2,(H,23,25). The molecule has 0 bridgehead atoms. The number of fused-ring (bicyclic) bond motifs is 1. The van der Waals surface area contributed by atoms with E-state index in [4.69, 9.17) is 16.3 Å². The Morgan fingerprint density at radius 1 is 0.963 bits per heavy atom. The van der Waals surface area contributed by atoms with E-state index < -0.39 is 11.9 Å². The van der Waals surface area contributed by atoms with Gasteiger partial charge in [-0.15, -0.1) is 0 Å². The van der Waals surface area contributed by atoms with Gasteiger partial charge in [0.1, 0.15) is 0 Å². The predicted octanol–water partition coefficient (Wildman–Crippen LogP) is 3.97. The van der Waals surface area contributed by atoms with Crippen molar-refractivity contribution in [1.82, 2.24) is 0 Å². The van der Waals surface area contributed by atoms with E-state index in [-0.39, 0.29) is 25.2 Å². The lowest BCUT2D eigenvalue weighted by atomic mass is 10.1. The number of ether oxygens (including phenoxy) is 1. The molecule has 140 valence electrons. The molecule has 27 heavy (non-hydrogen) atoms. The SMILES string of the molecule is O=C(COC(=O)CCC(=O)c1ccc(Cl)cc1)Nc1ccc2c(c1)CCC2. The molecule has 1 amide bonds. The monoisotopic (exact) mass is 385 g/mol. The molecule has 3 rings (SSSR count). The molecule has 1 aliphatic carbocycles. The van der Waals surface area contributed by atoms with Crippen LogP contribution in [0.25, 0.3) is 0 Å². The summed E-state index contributed by atoms with van der Waals surface area (Å²) in [7, 11) is 0. The topological polar surface area (TPSA) is 72.5 Å². The first-order valence-corrected chi connectivity index (χ1v) is 9.25. The summed E-state index contributed by atoms with van der Waals surface area (Å²) < 4.78 is 4.95. The number of hydrogen-bond donors (Lipinski definition) is 1. The summed E-state index contributed by atoms with van der Waals surface area (Å²) in [5, 5.41) is 3.27. The number of amides is 1. The first kappa shape index (κ1) is 19.1. The normalized spacial score (nSPS) is 12.3. The minimum atomic E-state index is -0.582. The maximum absolute atomic E-state index is 12.0. The number of ketones is 1. The lowest BCUT2D eigenvalue weighted by Gasteiger charge is -2.08. The molecule has 0 aromatic heterocycles. The highest BCUT2D eigenvalue weighted by atomic mass is 35.5. The fourth-order valence-electron chi connectivity index (χ4n) is 3.06. The Kier molecular flexibility index (Phi) is 6.24. The van der Waals surface area contributed by atoms with E-state index in [1.54, 1.807) is 24.3 Å². The zero-order valence-electron chi connectivity index (χ0n) is 14.8. The summed E-state index contributed by atoms with van der Waals surface area (Å²) >= 11 is 5.78. The van der Waals surface area contributed by atoms with E-state index in [2.05, 4.69) is 5.32 Å². The van der Waals surface area contributed by atoms with Crippen molar-refractivity contribution >= 4 is 34.9 Å². The van der Waals surface area contributed by atoms with E-state index >= 15 is 0 Å². The van der Waals surface area contributed by atoms with Gasteiger partial charge >= 0.3 is 5.97 Å². The summed E-state index contributed by atoms with van der Waals surface area (Å²) in [6.07, 6.45) is 3.19. The fourth-order valence-corrected chi connectivity index (χ4v) is 3.19. The molecule has 2 aromatic rings. The molecular weight excluding hydrogens is 366 g/mol. The minimum absolute atomic E-state index is 0.0207. The Balaban J connectivity index is 1.40. The number of nitrogens with one attached hydrogen (secondary N) is 1. The van der Waals surface area contributed by atoms with Crippen molar-refractivity contribution < 1.29 is 19.1 Å². The van der Waals surface area contributed by atoms with Crippen molar-refractivity contribution in [3.63, 3.8) is 0 Å². The highest BCUT2D eigenvalue weighted by Gasteiger charge is 2.14. The lowest BCUT2D eigenvalue weighted by molar-refractivity contribution is -0.147. The zero-order valence-corrected chi connectivity index (χ0v) is 15.6. The molecule has 0 unspecified atom stereocenters. The quantitative estimate of drug-likeness (QED) is 0.578. The Morgan fingerprint density at radius 2 is 1.70 bits per heavy atom. The largest absolute Gasteiger partial charge is 0.456 e. The van der Waals surface area contributed by atoms with Crippen LogP contribution in [0.15, 0.2) is 42.5 Å². The molecule has 0 saturated heterocycles. The van der Waals surface area contributed by atoms with Gasteiger partial charge in [0, 0.05) is 22.7 Å². The number of halogens is 1. The van der Waals surface area contributed by atoms with Gasteiger partial charge in [0.25, 0.3) is 5.91 Å². The summed E-state index contributed by atoms with van der Waals surface area (Å²) in [5.41, 5.74) is 3.77. The number of hydrogen-bond acceptors (Lipinski definition) is 4. The Bertz CT molecular complexity index is 861. The summed E-state index contributed by atoms with van der Waals surface area (Å²) in [6.45, 7) is -0.370. The molecule has 2 aromatic carbocycles. The van der Waals surface area contributed by atoms with Crippen LogP contribution in [0.3, 0.4) is 0 Å². The van der Waals surface area contributed by atoms with Gasteiger partial charge in [0.2, 0.25) is 0 Å². The average molecular weight is 386 g/mol. The van der Waals surface area contributed by atoms with E-state index in [0.717, 1.165) is 19.3 Å². The number of Topliss-reactive ketones (excluding diaryl/α,β-unsaturated/α-hetero) is 1. The van der Waals surface area contributed by atoms with Crippen molar-refractivity contribution in [2.45, 2.75) is 32.1 Å². The first-order chi connectivity index (χ1) is 13.0. The van der Waals surface area contributed by atoms with Crippen LogP contribution in [0.2, 0.25) is 5.02 Å². The summed E-state index contributed by atoms with van der Waals surface area (Å²) in [6, 6.07) is 12.3. The van der Waals surface area contributed by atoms with Gasteiger partial charge in [-0.1, -0.05) is 17.7 Å². The van der Waals surface area contributed by atoms with Crippen LogP contribution >= 0.6 is 11.6 Å². The highest BCUT2D eigenvalue weighted by Crippen LogP contribution is 2.24. The Hall–Kier alpha value is -2.66. The lowest BCUT2D eigenvalue weighted by Crippen LogP contribution is -2.21. The maximum Gasteiger partial charge on any atom is 0.306 e. The third-order valence-electron chi connectivity index (χ3n) is 4.47. The smallest absolute Gasteiger partial charge is 0.306 e. The zero-order chi connectivity index (χ0) is 19.2. The van der Waals surface area contributed by atoms with Gasteiger partial charge in [-0.3, -0.25) is 14.4 Å². The number of anilines is 1. The molecule has 1 aliphatic rings. The molecule has 5 nitrogen and oxygen atoms in total. The molecule has 1 N–H and O–H groups in total. The van der Waals surface area contributed by atoms with Gasteiger partial charge in [0.15, 0.2) is 12.4 Å². The van der Waals surface area contributed by atoms with Crippen molar-refractivity contribution in [1.29, 1.82) is 0 Å². The molecule has 0 fully saturated rings. The molecule has 0 aliphatic heterocycles. The van der Waals surface area contributed by atoms with E-state index in [1.165, 1.54) is 11.1 Å². The molecule has 0 atom stereocenters. The van der Waals surface area contributed by atoms with Gasteiger partial charge < -0.3 is 10.1 Å². The minimum Gasteiger partial charge on any atom is -0.456 e. The summed E-state index contributed by atoms with van der Waals surface area (Å²) in [5.74, 6) is -1.15. The van der Waals surface area contributed by atoms with E-state index in [1.807, 2.05) is 18.2 Å². The second-order valence-electron chi connectivity index (χ2n) is 6.48. The molecule has 0 spiro atoms. The number of esters is 1. The fraction of sp³-hybridized carbons (Fsp3) is 0.286. The van der Waals surface area contributed by atoms with Crippen LogP contribution in [0.4, 0.5) is 5.69 Å². The maximum atomic E-state index is 12.0. The van der Waals surface area contributed by atoms with Crippen LogP contribution < -0.4 is 5.32 Å². The van der Waals surface area contributed by atoms with Crippen LogP contribution in [-0.2, 0) is 27.2 Å². The number of carbonyl (C=O) groups excluding carboxylic acids is 3. The average Bonchev–Trinajstić information content (AvgIpc) is 3.13. The second-order valence-corrected chi connectivity index (χ2v) is 6.91. The van der Waals surface area contributed by atoms with Gasteiger partial charge in [-0.25, -0.2) is 0 Å². The molecule has 0 heterocycles. The number of carbonyl (C=O) groups is 3. The number of rotatable bonds is 7. The van der Waals surface area contributed by atoms with Crippen LogP contribution in [-0.4, -0.2) is 24.3 Å². The predicted molar refractivity (Wildman–Crippen MR) is 103 cm³/mol. The van der Waals surface area contributed by atoms with Crippen LogP contribution in [0.1, 0.15) is 40.7 Å². The third kappa shape index (κ3) is 5.41. The van der Waals surface area contributed by atoms with Crippen molar-refractivity contribution in [2.75, 3.05) is 11.9 Å². The van der Waals surface area contributed by atoms with Crippen molar-refractivity contribution in [3.05, 3.63) is 64.2 Å². The molecular formula is C21H20ClNO4. The number of aryl methyl sites for hydroxylation is 2. The van der Waals surface area contributed by atoms with Crippen LogP contribution in [0, 0.1) is 0 Å². The van der Waals surface area contributed by atoms with Gasteiger partial charge in [0.05, 0.1) is 6.42 Å². The Morgan fingerprint density at radius 3 is 2.48 bits per heavy atom. The summed E-state index contributed by atoms with van der Waals surface area (Å²) in [4.78, 5) is 35.7. The third-order valence-corrected chi connectivity index (χ3v) is 4.72. The highest BCUT2D eigenvalue weighted by molar-refractivity contribution is 6.30. The van der Waals surface area contributed by atoms with Crippen LogP contribution in [0.5, 0.6) is 0 Å². The molecule has 6 heteroatoms. The number of benzene rings is 2. The van der Waals surface area contributed by atoms with Crippen molar-refractivity contribution in [2.24, 2.45) is 0 Å². The van der Waals surface area contributed by atoms with Crippen molar-refractivity contribution in [3.8, 4) is 0 Å². The second kappa shape index (κ2) is 8.82. The van der Waals surface area contributed by atoms with E-state index in [0.29, 0.717) is 16.3 Å². The molecule has 0 saturated carbocycles. The first-order valence-electron chi connectivity index (χ1n) is 8.87. The van der Waals surface area contributed by atoms with Gasteiger partial charge in [-0.05, 0) is 66.8 Å². The van der Waals surface area contributed by atoms with E-state index in [9.17, 15) is 14.4 Å².